The Labute approximate surface area is 109 Å². The van der Waals surface area contributed by atoms with Gasteiger partial charge in [0, 0.05) is 12.0 Å². The lowest BCUT2D eigenvalue weighted by molar-refractivity contribution is 0.341. The minimum atomic E-state index is -3.51. The van der Waals surface area contributed by atoms with Gasteiger partial charge in [-0.1, -0.05) is 27.7 Å². The lowest BCUT2D eigenvalue weighted by Gasteiger charge is -2.30. The van der Waals surface area contributed by atoms with Gasteiger partial charge in [0.1, 0.15) is 5.82 Å². The second kappa shape index (κ2) is 5.84. The fourth-order valence-corrected chi connectivity index (χ4v) is 3.52. The van der Waals surface area contributed by atoms with Crippen LogP contribution in [0.2, 0.25) is 0 Å². The molecular weight excluding hydrogens is 250 g/mol. The first-order valence-corrected chi connectivity index (χ1v) is 7.99. The predicted octanol–water partition coefficient (Wildman–Crippen LogP) is 2.22. The minimum absolute atomic E-state index is 0.152. The molecule has 1 aromatic rings. The number of H-pyrrole nitrogens is 1. The molecule has 0 spiro atoms. The van der Waals surface area contributed by atoms with E-state index < -0.39 is 10.0 Å². The molecule has 104 valence electrons. The van der Waals surface area contributed by atoms with Gasteiger partial charge in [-0.2, -0.15) is 0 Å². The first-order chi connectivity index (χ1) is 8.43. The molecule has 6 heteroatoms. The molecule has 18 heavy (non-hydrogen) atoms. The van der Waals surface area contributed by atoms with E-state index in [2.05, 4.69) is 14.7 Å². The van der Waals surface area contributed by atoms with Crippen molar-refractivity contribution in [2.45, 2.75) is 63.9 Å². The third kappa shape index (κ3) is 3.11. The van der Waals surface area contributed by atoms with Crippen molar-refractivity contribution in [1.82, 2.24) is 14.7 Å². The molecule has 0 bridgehead atoms. The van der Waals surface area contributed by atoms with E-state index in [-0.39, 0.29) is 10.6 Å². The molecule has 1 heterocycles. The van der Waals surface area contributed by atoms with E-state index >= 15 is 0 Å². The number of sulfonamides is 1. The maximum Gasteiger partial charge on any atom is 0.258 e. The van der Waals surface area contributed by atoms with E-state index in [9.17, 15) is 8.42 Å². The van der Waals surface area contributed by atoms with Crippen LogP contribution in [0.4, 0.5) is 0 Å². The van der Waals surface area contributed by atoms with Crippen molar-refractivity contribution in [3.8, 4) is 0 Å². The predicted molar refractivity (Wildman–Crippen MR) is 71.9 cm³/mol. The number of aryl methyl sites for hydroxylation is 1. The van der Waals surface area contributed by atoms with Crippen molar-refractivity contribution >= 4 is 10.0 Å². The van der Waals surface area contributed by atoms with Crippen LogP contribution in [0.25, 0.3) is 0 Å². The fourth-order valence-electron chi connectivity index (χ4n) is 1.97. The molecule has 0 radical (unpaired) electrons. The molecule has 0 aliphatic heterocycles. The topological polar surface area (TPSA) is 74.8 Å². The van der Waals surface area contributed by atoms with Gasteiger partial charge in [-0.15, -0.1) is 0 Å². The average molecular weight is 273 g/mol. The van der Waals surface area contributed by atoms with Gasteiger partial charge in [0.25, 0.3) is 10.0 Å². The first kappa shape index (κ1) is 15.2. The van der Waals surface area contributed by atoms with Gasteiger partial charge < -0.3 is 4.98 Å². The average Bonchev–Trinajstić information content (AvgIpc) is 2.85. The maximum absolute atomic E-state index is 12.3. The van der Waals surface area contributed by atoms with Gasteiger partial charge in [0.2, 0.25) is 0 Å². The Morgan fingerprint density at radius 2 is 1.78 bits per heavy atom. The summed E-state index contributed by atoms with van der Waals surface area (Å²) in [6.45, 7) is 7.93. The molecule has 1 rings (SSSR count). The largest absolute Gasteiger partial charge is 0.332 e. The van der Waals surface area contributed by atoms with Crippen molar-refractivity contribution in [1.29, 1.82) is 0 Å². The smallest absolute Gasteiger partial charge is 0.258 e. The van der Waals surface area contributed by atoms with Crippen molar-refractivity contribution in [3.05, 3.63) is 12.0 Å². The van der Waals surface area contributed by atoms with Gasteiger partial charge in [-0.05, 0) is 19.3 Å². The monoisotopic (exact) mass is 273 g/mol. The summed E-state index contributed by atoms with van der Waals surface area (Å²) < 4.78 is 27.4. The van der Waals surface area contributed by atoms with Crippen molar-refractivity contribution in [2.24, 2.45) is 0 Å². The van der Waals surface area contributed by atoms with Gasteiger partial charge >= 0.3 is 0 Å². The molecule has 0 fully saturated rings. The summed E-state index contributed by atoms with van der Waals surface area (Å²) in [6.07, 6.45) is 4.39. The molecular formula is C12H23N3O2S. The summed E-state index contributed by atoms with van der Waals surface area (Å²) in [5, 5.41) is 0.152. The summed E-state index contributed by atoms with van der Waals surface area (Å²) >= 11 is 0. The standard InChI is InChI=1S/C12H23N3O2S/c1-5-10-13-9-11(14-10)18(16,17)15-12(6-2,7-3)8-4/h9,15H,5-8H2,1-4H3,(H,13,14). The molecule has 0 amide bonds. The number of nitrogens with one attached hydrogen (secondary N) is 2. The number of aromatic nitrogens is 2. The van der Waals surface area contributed by atoms with Crippen LogP contribution < -0.4 is 4.72 Å². The fraction of sp³-hybridized carbons (Fsp3) is 0.750. The van der Waals surface area contributed by atoms with Crippen LogP contribution in [0.5, 0.6) is 0 Å². The summed E-state index contributed by atoms with van der Waals surface area (Å²) in [7, 11) is -3.51. The third-order valence-electron chi connectivity index (χ3n) is 3.61. The van der Waals surface area contributed by atoms with Gasteiger partial charge in [0.05, 0.1) is 6.20 Å². The number of hydrogen-bond acceptors (Lipinski definition) is 3. The van der Waals surface area contributed by atoms with Crippen molar-refractivity contribution in [2.75, 3.05) is 0 Å². The van der Waals surface area contributed by atoms with Crippen LogP contribution in [0, 0.1) is 0 Å². The highest BCUT2D eigenvalue weighted by Gasteiger charge is 2.31. The van der Waals surface area contributed by atoms with E-state index in [1.807, 2.05) is 27.7 Å². The summed E-state index contributed by atoms with van der Waals surface area (Å²) in [5.74, 6) is 0.686. The molecule has 5 nitrogen and oxygen atoms in total. The Balaban J connectivity index is 3.00. The van der Waals surface area contributed by atoms with Crippen LogP contribution in [-0.2, 0) is 16.4 Å². The van der Waals surface area contributed by atoms with E-state index in [1.165, 1.54) is 6.20 Å². The van der Waals surface area contributed by atoms with E-state index in [1.54, 1.807) is 0 Å². The van der Waals surface area contributed by atoms with Crippen LogP contribution in [-0.4, -0.2) is 23.9 Å². The van der Waals surface area contributed by atoms with Gasteiger partial charge in [-0.3, -0.25) is 0 Å². The second-order valence-electron chi connectivity index (χ2n) is 4.49. The maximum atomic E-state index is 12.3. The highest BCUT2D eigenvalue weighted by molar-refractivity contribution is 7.89. The Morgan fingerprint density at radius 3 is 2.17 bits per heavy atom. The molecule has 0 atom stereocenters. The van der Waals surface area contributed by atoms with Crippen LogP contribution in [0.15, 0.2) is 11.2 Å². The van der Waals surface area contributed by atoms with Crippen molar-refractivity contribution < 1.29 is 8.42 Å². The lowest BCUT2D eigenvalue weighted by Crippen LogP contribution is -2.47. The number of imidazole rings is 1. The molecule has 0 aliphatic carbocycles. The number of nitrogens with zero attached hydrogens (tertiary/aromatic N) is 1. The zero-order valence-corrected chi connectivity index (χ0v) is 12.4. The van der Waals surface area contributed by atoms with Crippen LogP contribution >= 0.6 is 0 Å². The Kier molecular flexibility index (Phi) is 4.92. The quantitative estimate of drug-likeness (QED) is 0.800. The lowest BCUT2D eigenvalue weighted by atomic mass is 9.91. The molecule has 0 aliphatic rings. The molecule has 1 aromatic heterocycles. The zero-order chi connectivity index (χ0) is 13.8. The summed E-state index contributed by atoms with van der Waals surface area (Å²) in [5.41, 5.74) is -0.365. The molecule has 0 saturated heterocycles. The van der Waals surface area contributed by atoms with Crippen LogP contribution in [0.1, 0.15) is 52.8 Å². The van der Waals surface area contributed by atoms with E-state index in [4.69, 9.17) is 0 Å². The van der Waals surface area contributed by atoms with Crippen molar-refractivity contribution in [3.63, 3.8) is 0 Å². The molecule has 0 aromatic carbocycles. The summed E-state index contributed by atoms with van der Waals surface area (Å²) in [4.78, 5) is 6.87. The Bertz CT molecular complexity index is 467. The summed E-state index contributed by atoms with van der Waals surface area (Å²) in [6, 6.07) is 0. The SMILES string of the molecule is CCc1ncc(S(=O)(=O)NC(CC)(CC)CC)[nH]1. The van der Waals surface area contributed by atoms with Crippen LogP contribution in [0.3, 0.4) is 0 Å². The van der Waals surface area contributed by atoms with Gasteiger partial charge in [-0.25, -0.2) is 18.1 Å². The highest BCUT2D eigenvalue weighted by Crippen LogP contribution is 2.22. The second-order valence-corrected chi connectivity index (χ2v) is 6.15. The van der Waals surface area contributed by atoms with Gasteiger partial charge in [0.15, 0.2) is 5.03 Å². The Morgan fingerprint density at radius 1 is 1.22 bits per heavy atom. The molecule has 0 unspecified atom stereocenters. The normalized spacial score (nSPS) is 12.9. The minimum Gasteiger partial charge on any atom is -0.332 e. The highest BCUT2D eigenvalue weighted by atomic mass is 32.2. The first-order valence-electron chi connectivity index (χ1n) is 6.50. The zero-order valence-electron chi connectivity index (χ0n) is 11.6. The van der Waals surface area contributed by atoms with E-state index in [0.29, 0.717) is 12.2 Å². The number of rotatable bonds is 7. The molecule has 2 N–H and O–H groups in total. The van der Waals surface area contributed by atoms with E-state index in [0.717, 1.165) is 19.3 Å². The Hall–Kier alpha value is -0.880. The third-order valence-corrected chi connectivity index (χ3v) is 5.10. The number of aromatic amines is 1. The molecule has 0 saturated carbocycles. The number of hydrogen-bond donors (Lipinski definition) is 2.